The minimum atomic E-state index is -3.48. The Morgan fingerprint density at radius 1 is 1.42 bits per heavy atom. The molecule has 0 saturated heterocycles. The first-order valence-corrected chi connectivity index (χ1v) is 9.79. The Morgan fingerprint density at radius 3 is 2.74 bits per heavy atom. The van der Waals surface area contributed by atoms with Gasteiger partial charge in [0.2, 0.25) is 10.0 Å². The van der Waals surface area contributed by atoms with Gasteiger partial charge in [0.15, 0.2) is 0 Å². The lowest BCUT2D eigenvalue weighted by Gasteiger charge is -2.16. The lowest BCUT2D eigenvalue weighted by molar-refractivity contribution is 0.469. The van der Waals surface area contributed by atoms with Gasteiger partial charge >= 0.3 is 0 Å². The van der Waals surface area contributed by atoms with Crippen molar-refractivity contribution < 1.29 is 8.42 Å². The number of hydrogen-bond donors (Lipinski definition) is 0. The highest BCUT2D eigenvalue weighted by Crippen LogP contribution is 2.28. The largest absolute Gasteiger partial charge is 0.244 e. The quantitative estimate of drug-likeness (QED) is 0.708. The van der Waals surface area contributed by atoms with Crippen LogP contribution in [0.15, 0.2) is 32.3 Å². The zero-order valence-corrected chi connectivity index (χ0v) is 14.8. The molecular weight excluding hydrogens is 390 g/mol. The van der Waals surface area contributed by atoms with E-state index in [0.717, 1.165) is 9.35 Å². The first-order chi connectivity index (χ1) is 8.95. The Hall–Kier alpha value is 0.0800. The minimum Gasteiger partial charge on any atom is -0.207 e. The normalized spacial score (nSPS) is 12.2. The van der Waals surface area contributed by atoms with Gasteiger partial charge in [0, 0.05) is 33.2 Å². The number of alkyl halides is 1. The van der Waals surface area contributed by atoms with Crippen molar-refractivity contribution >= 4 is 60.2 Å². The van der Waals surface area contributed by atoms with E-state index in [9.17, 15) is 8.42 Å². The molecule has 0 spiro atoms. The highest BCUT2D eigenvalue weighted by atomic mass is 79.9. The van der Waals surface area contributed by atoms with Gasteiger partial charge < -0.3 is 0 Å². The molecule has 2 aromatic rings. The number of hydrogen-bond acceptors (Lipinski definition) is 4. The number of halogens is 2. The molecule has 3 nitrogen and oxygen atoms in total. The van der Waals surface area contributed by atoms with Gasteiger partial charge in [0.05, 0.1) is 10.8 Å². The summed E-state index contributed by atoms with van der Waals surface area (Å²) in [7, 11) is -1.89. The van der Waals surface area contributed by atoms with Gasteiger partial charge in [-0.1, -0.05) is 0 Å². The van der Waals surface area contributed by atoms with Crippen LogP contribution < -0.4 is 0 Å². The van der Waals surface area contributed by atoms with Crippen molar-refractivity contribution in [3.8, 4) is 0 Å². The van der Waals surface area contributed by atoms with E-state index in [1.54, 1.807) is 18.5 Å². The molecule has 19 heavy (non-hydrogen) atoms. The Morgan fingerprint density at radius 2 is 2.16 bits per heavy atom. The molecule has 0 radical (unpaired) electrons. The molecule has 0 amide bonds. The zero-order valence-electron chi connectivity index (χ0n) is 9.97. The van der Waals surface area contributed by atoms with Crippen molar-refractivity contribution in [2.45, 2.75) is 17.3 Å². The average Bonchev–Trinajstić information content (AvgIpc) is 2.97. The van der Waals surface area contributed by atoms with E-state index in [2.05, 4.69) is 15.9 Å². The summed E-state index contributed by atoms with van der Waals surface area (Å²) in [5, 5.41) is 3.69. The maximum atomic E-state index is 12.5. The summed E-state index contributed by atoms with van der Waals surface area (Å²) in [6.45, 7) is 0.357. The lowest BCUT2D eigenvalue weighted by atomic mass is 10.5. The summed E-state index contributed by atoms with van der Waals surface area (Å²) < 4.78 is 27.2. The number of rotatable bonds is 5. The molecule has 0 unspecified atom stereocenters. The third kappa shape index (κ3) is 3.40. The molecule has 0 aliphatic rings. The Labute approximate surface area is 134 Å². The van der Waals surface area contributed by atoms with Crippen molar-refractivity contribution in [2.75, 3.05) is 7.05 Å². The fraction of sp³-hybridized carbons (Fsp3) is 0.273. The van der Waals surface area contributed by atoms with Crippen molar-refractivity contribution in [1.82, 2.24) is 4.31 Å². The second-order valence-corrected chi connectivity index (χ2v) is 9.03. The highest BCUT2D eigenvalue weighted by Gasteiger charge is 2.25. The van der Waals surface area contributed by atoms with E-state index >= 15 is 0 Å². The van der Waals surface area contributed by atoms with Gasteiger partial charge in [0.25, 0.3) is 0 Å². The Bertz CT molecular complexity index is 665. The van der Waals surface area contributed by atoms with Crippen LogP contribution in [0, 0.1) is 0 Å². The van der Waals surface area contributed by atoms with Crippen LogP contribution in [0.2, 0.25) is 0 Å². The van der Waals surface area contributed by atoms with E-state index in [0.29, 0.717) is 16.3 Å². The maximum Gasteiger partial charge on any atom is 0.244 e. The molecule has 2 aromatic heterocycles. The average molecular weight is 401 g/mol. The molecule has 2 rings (SSSR count). The van der Waals surface area contributed by atoms with Crippen LogP contribution in [0.25, 0.3) is 0 Å². The molecule has 8 heteroatoms. The molecule has 0 aliphatic carbocycles. The molecule has 0 bridgehead atoms. The van der Waals surface area contributed by atoms with Crippen LogP contribution in [0.3, 0.4) is 0 Å². The van der Waals surface area contributed by atoms with E-state index in [-0.39, 0.29) is 5.88 Å². The monoisotopic (exact) mass is 399 g/mol. The number of nitrogens with zero attached hydrogens (tertiary/aromatic N) is 1. The van der Waals surface area contributed by atoms with Crippen LogP contribution in [-0.2, 0) is 22.4 Å². The first-order valence-electron chi connectivity index (χ1n) is 5.26. The van der Waals surface area contributed by atoms with Gasteiger partial charge in [-0.2, -0.15) is 4.31 Å². The molecule has 0 fully saturated rings. The number of thiophene rings is 2. The summed E-state index contributed by atoms with van der Waals surface area (Å²) >= 11 is 12.0. The molecule has 0 N–H and O–H groups in total. The fourth-order valence-electron chi connectivity index (χ4n) is 1.57. The maximum absolute atomic E-state index is 12.5. The van der Waals surface area contributed by atoms with Gasteiger partial charge in [-0.25, -0.2) is 8.42 Å². The van der Waals surface area contributed by atoms with Gasteiger partial charge in [-0.15, -0.1) is 34.3 Å². The summed E-state index contributed by atoms with van der Waals surface area (Å²) in [5.74, 6) is 0.213. The Kier molecular flexibility index (Phi) is 5.08. The third-order valence-electron chi connectivity index (χ3n) is 2.51. The standard InChI is InChI=1S/C11H11BrClNO2S3/c1-14(6-9-4-8(12)7-18-9)19(15,16)11-2-3-17-10(11)5-13/h2-4,7H,5-6H2,1H3. The van der Waals surface area contributed by atoms with Gasteiger partial charge in [-0.3, -0.25) is 0 Å². The van der Waals surface area contributed by atoms with Crippen LogP contribution >= 0.6 is 50.2 Å². The van der Waals surface area contributed by atoms with Crippen LogP contribution in [0.1, 0.15) is 9.75 Å². The van der Waals surface area contributed by atoms with E-state index in [4.69, 9.17) is 11.6 Å². The molecule has 2 heterocycles. The molecule has 104 valence electrons. The minimum absolute atomic E-state index is 0.213. The van der Waals surface area contributed by atoms with Crippen LogP contribution in [0.4, 0.5) is 0 Å². The third-order valence-corrected chi connectivity index (χ3v) is 7.56. The van der Waals surface area contributed by atoms with Crippen LogP contribution in [-0.4, -0.2) is 19.8 Å². The summed E-state index contributed by atoms with van der Waals surface area (Å²) in [4.78, 5) is 1.98. The zero-order chi connectivity index (χ0) is 14.0. The molecular formula is C11H11BrClNO2S3. The molecule has 0 aliphatic heterocycles. The predicted molar refractivity (Wildman–Crippen MR) is 84.5 cm³/mol. The van der Waals surface area contributed by atoms with Crippen LogP contribution in [0.5, 0.6) is 0 Å². The van der Waals surface area contributed by atoms with Crippen molar-refractivity contribution in [1.29, 1.82) is 0 Å². The van der Waals surface area contributed by atoms with Crippen molar-refractivity contribution in [2.24, 2.45) is 0 Å². The van der Waals surface area contributed by atoms with Gasteiger partial charge in [0.1, 0.15) is 0 Å². The fourth-order valence-corrected chi connectivity index (χ4v) is 5.97. The lowest BCUT2D eigenvalue weighted by Crippen LogP contribution is -2.26. The second kappa shape index (κ2) is 6.24. The van der Waals surface area contributed by atoms with E-state index in [1.807, 2.05) is 11.4 Å². The molecule has 0 aromatic carbocycles. The topological polar surface area (TPSA) is 37.4 Å². The van der Waals surface area contributed by atoms with E-state index in [1.165, 1.54) is 27.0 Å². The van der Waals surface area contributed by atoms with Crippen molar-refractivity contribution in [3.63, 3.8) is 0 Å². The van der Waals surface area contributed by atoms with E-state index < -0.39 is 10.0 Å². The van der Waals surface area contributed by atoms with Gasteiger partial charge in [-0.05, 0) is 33.4 Å². The predicted octanol–water partition coefficient (Wildman–Crippen LogP) is 4.13. The molecule has 0 atom stereocenters. The first kappa shape index (κ1) is 15.5. The summed E-state index contributed by atoms with van der Waals surface area (Å²) in [6, 6.07) is 3.53. The van der Waals surface area contributed by atoms with Crippen molar-refractivity contribution in [3.05, 3.63) is 37.1 Å². The second-order valence-electron chi connectivity index (χ2n) is 3.83. The molecule has 0 saturated carbocycles. The SMILES string of the molecule is CN(Cc1cc(Br)cs1)S(=O)(=O)c1ccsc1CCl. The summed E-state index contributed by atoms with van der Waals surface area (Å²) in [6.07, 6.45) is 0. The smallest absolute Gasteiger partial charge is 0.207 e. The Balaban J connectivity index is 2.24. The number of sulfonamides is 1. The summed E-state index contributed by atoms with van der Waals surface area (Å²) in [5.41, 5.74) is 0. The highest BCUT2D eigenvalue weighted by molar-refractivity contribution is 9.10.